The zero-order chi connectivity index (χ0) is 12.5. The van der Waals surface area contributed by atoms with Gasteiger partial charge < -0.3 is 0 Å². The van der Waals surface area contributed by atoms with E-state index >= 15 is 0 Å². The maximum Gasteiger partial charge on any atom is 0.262 e. The van der Waals surface area contributed by atoms with Crippen LogP contribution in [0.15, 0.2) is 0 Å². The quantitative estimate of drug-likeness (QED) is 0.629. The lowest BCUT2D eigenvalue weighted by molar-refractivity contribution is -0.147. The van der Waals surface area contributed by atoms with Crippen LogP contribution in [0.5, 0.6) is 0 Å². The molecule has 1 aliphatic heterocycles. The number of hydrogen-bond donors (Lipinski definition) is 1. The summed E-state index contributed by atoms with van der Waals surface area (Å²) in [6.45, 7) is 0. The van der Waals surface area contributed by atoms with Gasteiger partial charge in [0.05, 0.1) is 12.1 Å². The number of nitrogens with zero attached hydrogens (tertiary/aromatic N) is 2. The Kier molecular flexibility index (Phi) is 2.63. The summed E-state index contributed by atoms with van der Waals surface area (Å²) in [7, 11) is 0. The summed E-state index contributed by atoms with van der Waals surface area (Å²) in [5.41, 5.74) is -2.46. The molecule has 1 saturated heterocycles. The first-order valence-electron chi connectivity index (χ1n) is 5.77. The van der Waals surface area contributed by atoms with Crippen molar-refractivity contribution < 1.29 is 9.59 Å². The van der Waals surface area contributed by atoms with Crippen LogP contribution in [0.2, 0.25) is 0 Å². The van der Waals surface area contributed by atoms with Gasteiger partial charge in [0.25, 0.3) is 5.91 Å². The summed E-state index contributed by atoms with van der Waals surface area (Å²) < 4.78 is 0. The largest absolute Gasteiger partial charge is 0.294 e. The number of carbonyl (C=O) groups is 2. The molecule has 0 atom stereocenters. The fourth-order valence-corrected chi connectivity index (χ4v) is 3.09. The van der Waals surface area contributed by atoms with Gasteiger partial charge in [-0.3, -0.25) is 14.9 Å². The Morgan fingerprint density at radius 3 is 2.18 bits per heavy atom. The molecule has 17 heavy (non-hydrogen) atoms. The SMILES string of the molecule is N#CC1(C#N)C(=O)NC(=O)CC12CCCCC2. The minimum absolute atomic E-state index is 0.111. The second kappa shape index (κ2) is 3.85. The van der Waals surface area contributed by atoms with Crippen molar-refractivity contribution in [1.82, 2.24) is 5.32 Å². The molecule has 0 bridgehead atoms. The highest BCUT2D eigenvalue weighted by atomic mass is 16.2. The van der Waals surface area contributed by atoms with Gasteiger partial charge in [0.15, 0.2) is 0 Å². The molecule has 5 nitrogen and oxygen atoms in total. The Labute approximate surface area is 99.4 Å². The Balaban J connectivity index is 2.51. The molecule has 1 spiro atoms. The van der Waals surface area contributed by atoms with E-state index in [2.05, 4.69) is 5.32 Å². The molecular formula is C12H13N3O2. The lowest BCUT2D eigenvalue weighted by Gasteiger charge is -2.46. The number of rotatable bonds is 0. The molecule has 0 aromatic heterocycles. The Morgan fingerprint density at radius 2 is 1.65 bits per heavy atom. The van der Waals surface area contributed by atoms with Gasteiger partial charge in [0, 0.05) is 11.8 Å². The monoisotopic (exact) mass is 231 g/mol. The first-order valence-corrected chi connectivity index (χ1v) is 5.77. The van der Waals surface area contributed by atoms with Crippen molar-refractivity contribution in [2.75, 3.05) is 0 Å². The zero-order valence-electron chi connectivity index (χ0n) is 9.45. The van der Waals surface area contributed by atoms with Gasteiger partial charge in [0.1, 0.15) is 0 Å². The van der Waals surface area contributed by atoms with Crippen molar-refractivity contribution in [3.63, 3.8) is 0 Å². The standard InChI is InChI=1S/C12H13N3O2/c13-7-12(8-14)10(17)15-9(16)6-11(12)4-2-1-3-5-11/h1-6H2,(H,15,16,17). The number of piperidine rings is 1. The van der Waals surface area contributed by atoms with Crippen molar-refractivity contribution >= 4 is 11.8 Å². The first kappa shape index (κ1) is 11.6. The molecular weight excluding hydrogens is 218 g/mol. The molecule has 0 unspecified atom stereocenters. The molecule has 2 amide bonds. The van der Waals surface area contributed by atoms with Gasteiger partial charge in [-0.1, -0.05) is 19.3 Å². The van der Waals surface area contributed by atoms with Gasteiger partial charge >= 0.3 is 0 Å². The van der Waals surface area contributed by atoms with Crippen molar-refractivity contribution in [2.45, 2.75) is 38.5 Å². The van der Waals surface area contributed by atoms with Crippen LogP contribution < -0.4 is 5.32 Å². The molecule has 2 fully saturated rings. The second-order valence-electron chi connectivity index (χ2n) is 4.87. The fourth-order valence-electron chi connectivity index (χ4n) is 3.09. The van der Waals surface area contributed by atoms with E-state index in [1.807, 2.05) is 12.1 Å². The summed E-state index contributed by atoms with van der Waals surface area (Å²) in [5.74, 6) is -1.10. The molecule has 1 heterocycles. The van der Waals surface area contributed by atoms with Gasteiger partial charge in [-0.05, 0) is 12.8 Å². The molecule has 1 saturated carbocycles. The maximum atomic E-state index is 11.9. The van der Waals surface area contributed by atoms with E-state index in [-0.39, 0.29) is 12.3 Å². The lowest BCUT2D eigenvalue weighted by atomic mass is 9.54. The average molecular weight is 231 g/mol. The summed E-state index contributed by atoms with van der Waals surface area (Å²) >= 11 is 0. The van der Waals surface area contributed by atoms with Gasteiger partial charge in [-0.15, -0.1) is 0 Å². The van der Waals surface area contributed by atoms with Crippen LogP contribution in [0.1, 0.15) is 38.5 Å². The maximum absolute atomic E-state index is 11.9. The predicted molar refractivity (Wildman–Crippen MR) is 56.9 cm³/mol. The summed E-state index contributed by atoms with van der Waals surface area (Å²) in [6, 6.07) is 3.75. The molecule has 1 N–H and O–H groups in total. The summed E-state index contributed by atoms with van der Waals surface area (Å²) in [5, 5.41) is 20.7. The van der Waals surface area contributed by atoms with Crippen LogP contribution in [0.4, 0.5) is 0 Å². The van der Waals surface area contributed by atoms with Gasteiger partial charge in [-0.25, -0.2) is 0 Å². The van der Waals surface area contributed by atoms with Crippen LogP contribution in [0, 0.1) is 33.5 Å². The fraction of sp³-hybridized carbons (Fsp3) is 0.667. The van der Waals surface area contributed by atoms with E-state index in [4.69, 9.17) is 0 Å². The van der Waals surface area contributed by atoms with E-state index in [0.717, 1.165) is 19.3 Å². The number of amides is 2. The summed E-state index contributed by atoms with van der Waals surface area (Å²) in [6.07, 6.45) is 4.09. The third kappa shape index (κ3) is 1.43. The van der Waals surface area contributed by atoms with Crippen LogP contribution >= 0.6 is 0 Å². The highest BCUT2D eigenvalue weighted by Gasteiger charge is 2.61. The van der Waals surface area contributed by atoms with E-state index in [0.29, 0.717) is 12.8 Å². The third-order valence-corrected chi connectivity index (χ3v) is 4.03. The minimum Gasteiger partial charge on any atom is -0.294 e. The smallest absolute Gasteiger partial charge is 0.262 e. The minimum atomic E-state index is -1.69. The van der Waals surface area contributed by atoms with Crippen molar-refractivity contribution in [3.05, 3.63) is 0 Å². The van der Waals surface area contributed by atoms with E-state index in [9.17, 15) is 20.1 Å². The molecule has 5 heteroatoms. The number of carbonyl (C=O) groups excluding carboxylic acids is 2. The molecule has 88 valence electrons. The number of imide groups is 1. The Bertz CT molecular complexity index is 435. The summed E-state index contributed by atoms with van der Waals surface area (Å²) in [4.78, 5) is 23.4. The average Bonchev–Trinajstić information content (AvgIpc) is 2.31. The van der Waals surface area contributed by atoms with E-state index in [1.54, 1.807) is 0 Å². The van der Waals surface area contributed by atoms with E-state index < -0.39 is 16.7 Å². The van der Waals surface area contributed by atoms with Gasteiger partial charge in [-0.2, -0.15) is 10.5 Å². The van der Waals surface area contributed by atoms with Crippen molar-refractivity contribution in [2.24, 2.45) is 10.8 Å². The molecule has 2 rings (SSSR count). The van der Waals surface area contributed by atoms with Crippen LogP contribution in [-0.4, -0.2) is 11.8 Å². The molecule has 1 aliphatic carbocycles. The van der Waals surface area contributed by atoms with Crippen molar-refractivity contribution in [3.8, 4) is 12.1 Å². The highest BCUT2D eigenvalue weighted by molar-refractivity contribution is 6.04. The van der Waals surface area contributed by atoms with Crippen LogP contribution in [0.3, 0.4) is 0 Å². The molecule has 0 aromatic rings. The van der Waals surface area contributed by atoms with Crippen LogP contribution in [0.25, 0.3) is 0 Å². The topological polar surface area (TPSA) is 93.8 Å². The van der Waals surface area contributed by atoms with Crippen LogP contribution in [-0.2, 0) is 9.59 Å². The lowest BCUT2D eigenvalue weighted by Crippen LogP contribution is -2.59. The Hall–Kier alpha value is -1.88. The zero-order valence-corrected chi connectivity index (χ0v) is 9.45. The number of nitrogens with one attached hydrogen (secondary N) is 1. The molecule has 0 aromatic carbocycles. The predicted octanol–water partition coefficient (Wildman–Crippen LogP) is 1.02. The highest BCUT2D eigenvalue weighted by Crippen LogP contribution is 2.53. The number of nitriles is 2. The number of hydrogen-bond acceptors (Lipinski definition) is 4. The third-order valence-electron chi connectivity index (χ3n) is 4.03. The normalized spacial score (nSPS) is 25.8. The second-order valence-corrected chi connectivity index (χ2v) is 4.87. The molecule has 2 aliphatic rings. The first-order chi connectivity index (χ1) is 8.10. The molecule has 0 radical (unpaired) electrons. The van der Waals surface area contributed by atoms with E-state index in [1.165, 1.54) is 0 Å². The Morgan fingerprint density at radius 1 is 1.06 bits per heavy atom. The van der Waals surface area contributed by atoms with Gasteiger partial charge in [0.2, 0.25) is 11.3 Å². The van der Waals surface area contributed by atoms with Crippen molar-refractivity contribution in [1.29, 1.82) is 10.5 Å².